The maximum Gasteiger partial charge on any atom is 0.330 e. The molecule has 3 heteroatoms. The van der Waals surface area contributed by atoms with Crippen molar-refractivity contribution in [3.8, 4) is 5.75 Å². The van der Waals surface area contributed by atoms with E-state index in [1.807, 2.05) is 19.1 Å². The molecule has 0 saturated carbocycles. The highest BCUT2D eigenvalue weighted by Gasteiger charge is 2.26. The smallest absolute Gasteiger partial charge is 0.330 e. The lowest BCUT2D eigenvalue weighted by Gasteiger charge is -2.32. The van der Waals surface area contributed by atoms with E-state index in [0.29, 0.717) is 6.61 Å². The van der Waals surface area contributed by atoms with Crippen LogP contribution in [0.4, 0.5) is 0 Å². The molecule has 1 aliphatic rings. The zero-order valence-corrected chi connectivity index (χ0v) is 13.8. The second-order valence-corrected chi connectivity index (χ2v) is 6.20. The number of fused-ring (bicyclic) bond motifs is 1. The molecular formula is C19H24O3. The van der Waals surface area contributed by atoms with Crippen LogP contribution in [0.25, 0.3) is 6.08 Å². The number of hydrogen-bond donors (Lipinski definition) is 0. The second kappa shape index (κ2) is 6.82. The van der Waals surface area contributed by atoms with Gasteiger partial charge in [-0.25, -0.2) is 4.79 Å². The minimum absolute atomic E-state index is 0.0807. The number of aryl methyl sites for hydroxylation is 1. The van der Waals surface area contributed by atoms with Crippen molar-refractivity contribution in [3.05, 3.63) is 47.1 Å². The number of hydrogen-bond acceptors (Lipinski definition) is 3. The molecule has 0 fully saturated rings. The minimum Gasteiger partial charge on any atom is -0.488 e. The summed E-state index contributed by atoms with van der Waals surface area (Å²) in [6.45, 7) is 8.40. The fourth-order valence-corrected chi connectivity index (χ4v) is 2.47. The molecule has 0 spiro atoms. The van der Waals surface area contributed by atoms with E-state index < -0.39 is 0 Å². The molecule has 0 radical (unpaired) electrons. The van der Waals surface area contributed by atoms with E-state index in [9.17, 15) is 4.79 Å². The third kappa shape index (κ3) is 4.48. The lowest BCUT2D eigenvalue weighted by molar-refractivity contribution is -0.137. The first-order chi connectivity index (χ1) is 10.4. The van der Waals surface area contributed by atoms with E-state index >= 15 is 0 Å². The van der Waals surface area contributed by atoms with Crippen LogP contribution >= 0.6 is 0 Å². The predicted molar refractivity (Wildman–Crippen MR) is 88.9 cm³/mol. The summed E-state index contributed by atoms with van der Waals surface area (Å²) in [6.07, 6.45) is 7.34. The highest BCUT2D eigenvalue weighted by atomic mass is 16.5. The summed E-state index contributed by atoms with van der Waals surface area (Å²) in [5, 5.41) is 0. The van der Waals surface area contributed by atoms with Crippen LogP contribution in [0.15, 0.2) is 35.9 Å². The van der Waals surface area contributed by atoms with Crippen LogP contribution in [0.1, 0.15) is 45.2 Å². The zero-order valence-electron chi connectivity index (χ0n) is 13.8. The molecule has 0 saturated heterocycles. The number of benzene rings is 1. The normalized spacial score (nSPS) is 17.0. The van der Waals surface area contributed by atoms with Gasteiger partial charge in [-0.15, -0.1) is 0 Å². The number of allylic oxidation sites excluding steroid dienone is 2. The molecule has 0 atom stereocenters. The van der Waals surface area contributed by atoms with Crippen molar-refractivity contribution in [2.75, 3.05) is 6.61 Å². The van der Waals surface area contributed by atoms with Crippen LogP contribution in [-0.2, 0) is 16.0 Å². The molecule has 0 unspecified atom stereocenters. The summed E-state index contributed by atoms with van der Waals surface area (Å²) in [5.74, 6) is 0.671. The first-order valence-electron chi connectivity index (χ1n) is 7.75. The van der Waals surface area contributed by atoms with Gasteiger partial charge in [0.2, 0.25) is 0 Å². The summed E-state index contributed by atoms with van der Waals surface area (Å²) >= 11 is 0. The Morgan fingerprint density at radius 2 is 2.14 bits per heavy atom. The standard InChI is InChI=1S/C19H24O3/c1-5-21-18(20)9-6-14(2)12-15-7-8-17-16(13-15)10-11-19(3,4)22-17/h6-9,12-13H,5,10-11H2,1-4H3/b9-6+,14-12+. The zero-order chi connectivity index (χ0) is 16.2. The average Bonchev–Trinajstić information content (AvgIpc) is 2.45. The largest absolute Gasteiger partial charge is 0.488 e. The summed E-state index contributed by atoms with van der Waals surface area (Å²) in [5.41, 5.74) is 3.29. The van der Waals surface area contributed by atoms with Crippen molar-refractivity contribution in [2.45, 2.75) is 46.1 Å². The van der Waals surface area contributed by atoms with Crippen molar-refractivity contribution < 1.29 is 14.3 Å². The van der Waals surface area contributed by atoms with Crippen LogP contribution in [-0.4, -0.2) is 18.2 Å². The van der Waals surface area contributed by atoms with Gasteiger partial charge in [0.1, 0.15) is 11.4 Å². The maximum atomic E-state index is 11.3. The van der Waals surface area contributed by atoms with Crippen molar-refractivity contribution in [1.29, 1.82) is 0 Å². The van der Waals surface area contributed by atoms with E-state index in [-0.39, 0.29) is 11.6 Å². The number of ether oxygens (including phenoxy) is 2. The molecule has 0 N–H and O–H groups in total. The lowest BCUT2D eigenvalue weighted by Crippen LogP contribution is -2.32. The van der Waals surface area contributed by atoms with Gasteiger partial charge in [-0.2, -0.15) is 0 Å². The van der Waals surface area contributed by atoms with Crippen LogP contribution in [0.2, 0.25) is 0 Å². The average molecular weight is 300 g/mol. The Bertz CT molecular complexity index is 609. The molecule has 0 aliphatic carbocycles. The van der Waals surface area contributed by atoms with Crippen LogP contribution in [0.5, 0.6) is 5.75 Å². The summed E-state index contributed by atoms with van der Waals surface area (Å²) in [6, 6.07) is 6.23. The Labute approximate surface area is 132 Å². The Morgan fingerprint density at radius 1 is 1.36 bits per heavy atom. The molecule has 1 aliphatic heterocycles. The lowest BCUT2D eigenvalue weighted by atomic mass is 9.93. The van der Waals surface area contributed by atoms with E-state index in [0.717, 1.165) is 29.7 Å². The second-order valence-electron chi connectivity index (χ2n) is 6.20. The van der Waals surface area contributed by atoms with Gasteiger partial charge >= 0.3 is 5.97 Å². The number of rotatable bonds is 4. The van der Waals surface area contributed by atoms with Gasteiger partial charge in [0.05, 0.1) is 6.61 Å². The van der Waals surface area contributed by atoms with E-state index in [1.54, 1.807) is 13.0 Å². The molecule has 0 aromatic heterocycles. The first-order valence-corrected chi connectivity index (χ1v) is 7.75. The maximum absolute atomic E-state index is 11.3. The molecule has 118 valence electrons. The summed E-state index contributed by atoms with van der Waals surface area (Å²) in [4.78, 5) is 11.3. The number of carbonyl (C=O) groups excluding carboxylic acids is 1. The summed E-state index contributed by atoms with van der Waals surface area (Å²) in [7, 11) is 0. The first kappa shape index (κ1) is 16.3. The molecule has 1 aromatic carbocycles. The van der Waals surface area contributed by atoms with E-state index in [2.05, 4.69) is 26.0 Å². The Balaban J connectivity index is 2.11. The minimum atomic E-state index is -0.309. The van der Waals surface area contributed by atoms with E-state index in [1.165, 1.54) is 11.6 Å². The van der Waals surface area contributed by atoms with Crippen LogP contribution in [0.3, 0.4) is 0 Å². The van der Waals surface area contributed by atoms with Gasteiger partial charge in [0.15, 0.2) is 0 Å². The van der Waals surface area contributed by atoms with Gasteiger partial charge < -0.3 is 9.47 Å². The monoisotopic (exact) mass is 300 g/mol. The molecule has 0 amide bonds. The summed E-state index contributed by atoms with van der Waals surface area (Å²) < 4.78 is 10.9. The molecule has 22 heavy (non-hydrogen) atoms. The molecule has 0 bridgehead atoms. The Hall–Kier alpha value is -2.03. The fourth-order valence-electron chi connectivity index (χ4n) is 2.47. The van der Waals surface area contributed by atoms with Gasteiger partial charge in [0, 0.05) is 6.08 Å². The highest BCUT2D eigenvalue weighted by molar-refractivity contribution is 5.82. The van der Waals surface area contributed by atoms with E-state index in [4.69, 9.17) is 9.47 Å². The van der Waals surface area contributed by atoms with Crippen LogP contribution in [0, 0.1) is 0 Å². The molecular weight excluding hydrogens is 276 g/mol. The van der Waals surface area contributed by atoms with Gasteiger partial charge in [-0.1, -0.05) is 23.8 Å². The van der Waals surface area contributed by atoms with Crippen molar-refractivity contribution in [2.24, 2.45) is 0 Å². The molecule has 1 heterocycles. The highest BCUT2D eigenvalue weighted by Crippen LogP contribution is 2.33. The van der Waals surface area contributed by atoms with Gasteiger partial charge in [-0.05, 0) is 63.8 Å². The van der Waals surface area contributed by atoms with Crippen molar-refractivity contribution in [3.63, 3.8) is 0 Å². The molecule has 1 aromatic rings. The Morgan fingerprint density at radius 3 is 2.86 bits per heavy atom. The SMILES string of the molecule is CCOC(=O)/C=C/C(C)=C/c1ccc2c(c1)CCC(C)(C)O2. The third-order valence-electron chi connectivity index (χ3n) is 3.63. The fraction of sp³-hybridized carbons (Fsp3) is 0.421. The number of carbonyl (C=O) groups is 1. The van der Waals surface area contributed by atoms with Crippen molar-refractivity contribution >= 4 is 12.0 Å². The Kier molecular flexibility index (Phi) is 5.07. The number of esters is 1. The quantitative estimate of drug-likeness (QED) is 0.472. The topological polar surface area (TPSA) is 35.5 Å². The molecule has 2 rings (SSSR count). The predicted octanol–water partition coefficient (Wildman–Crippen LogP) is 4.31. The van der Waals surface area contributed by atoms with Crippen molar-refractivity contribution in [1.82, 2.24) is 0 Å². The third-order valence-corrected chi connectivity index (χ3v) is 3.63. The molecule has 3 nitrogen and oxygen atoms in total. The van der Waals surface area contributed by atoms with Gasteiger partial charge in [-0.3, -0.25) is 0 Å². The van der Waals surface area contributed by atoms with Gasteiger partial charge in [0.25, 0.3) is 0 Å². The van der Waals surface area contributed by atoms with Crippen LogP contribution < -0.4 is 4.74 Å².